The Balaban J connectivity index is 1.89. The zero-order chi connectivity index (χ0) is 17.0. The number of nitrogens with one attached hydrogen (secondary N) is 1. The van der Waals surface area contributed by atoms with Crippen LogP contribution >= 0.6 is 0 Å². The molecule has 126 valence electrons. The third-order valence-electron chi connectivity index (χ3n) is 4.02. The van der Waals surface area contributed by atoms with E-state index in [4.69, 9.17) is 5.11 Å². The van der Waals surface area contributed by atoms with Gasteiger partial charge in [-0.3, -0.25) is 9.59 Å². The van der Waals surface area contributed by atoms with Crippen LogP contribution in [-0.2, 0) is 26.0 Å². The Bertz CT molecular complexity index is 684. The second kappa shape index (κ2) is 7.10. The van der Waals surface area contributed by atoms with Gasteiger partial charge < -0.3 is 10.0 Å². The van der Waals surface area contributed by atoms with Crippen LogP contribution < -0.4 is 4.72 Å². The summed E-state index contributed by atoms with van der Waals surface area (Å²) in [5, 5.41) is 8.94. The molecule has 1 amide bonds. The molecular formula is C15H20N2O5S. The molecule has 1 aromatic rings. The molecule has 0 aromatic heterocycles. The molecule has 1 fully saturated rings. The van der Waals surface area contributed by atoms with Gasteiger partial charge in [-0.15, -0.1) is 0 Å². The summed E-state index contributed by atoms with van der Waals surface area (Å²) in [6, 6.07) is 6.37. The van der Waals surface area contributed by atoms with E-state index in [1.165, 1.54) is 19.2 Å². The van der Waals surface area contributed by atoms with E-state index in [1.807, 2.05) is 0 Å². The van der Waals surface area contributed by atoms with E-state index in [-0.39, 0.29) is 23.8 Å². The summed E-state index contributed by atoms with van der Waals surface area (Å²) in [4.78, 5) is 24.7. The Morgan fingerprint density at radius 2 is 1.96 bits per heavy atom. The molecule has 1 atom stereocenters. The standard InChI is InChI=1S/C15H20N2O5S/c1-16-23(21,22)13-5-2-11(3-6-13)4-7-14(18)17-9-8-12(10-17)15(19)20/h2-3,5-6,12,16H,4,7-10H2,1H3,(H,19,20)/t12-/m1/s1. The first-order chi connectivity index (χ1) is 10.8. The molecule has 1 heterocycles. The highest BCUT2D eigenvalue weighted by Crippen LogP contribution is 2.18. The summed E-state index contributed by atoms with van der Waals surface area (Å²) in [6.07, 6.45) is 1.27. The van der Waals surface area contributed by atoms with Crippen molar-refractivity contribution in [3.63, 3.8) is 0 Å². The lowest BCUT2D eigenvalue weighted by atomic mass is 10.1. The highest BCUT2D eigenvalue weighted by Gasteiger charge is 2.30. The van der Waals surface area contributed by atoms with E-state index < -0.39 is 21.9 Å². The van der Waals surface area contributed by atoms with Crippen molar-refractivity contribution < 1.29 is 23.1 Å². The number of rotatable bonds is 6. The van der Waals surface area contributed by atoms with Crippen LogP contribution in [0.15, 0.2) is 29.2 Å². The molecular weight excluding hydrogens is 320 g/mol. The van der Waals surface area contributed by atoms with Gasteiger partial charge in [0.2, 0.25) is 15.9 Å². The SMILES string of the molecule is CNS(=O)(=O)c1ccc(CCC(=O)N2CC[C@@H](C(=O)O)C2)cc1. The van der Waals surface area contributed by atoms with Crippen LogP contribution in [-0.4, -0.2) is 50.4 Å². The van der Waals surface area contributed by atoms with Crippen molar-refractivity contribution >= 4 is 21.9 Å². The van der Waals surface area contributed by atoms with E-state index >= 15 is 0 Å². The van der Waals surface area contributed by atoms with Gasteiger partial charge >= 0.3 is 5.97 Å². The Hall–Kier alpha value is -1.93. The average molecular weight is 340 g/mol. The van der Waals surface area contributed by atoms with Crippen LogP contribution in [0.25, 0.3) is 0 Å². The van der Waals surface area contributed by atoms with Crippen LogP contribution in [0.4, 0.5) is 0 Å². The number of sulfonamides is 1. The minimum absolute atomic E-state index is 0.0688. The van der Waals surface area contributed by atoms with Crippen molar-refractivity contribution in [1.82, 2.24) is 9.62 Å². The summed E-state index contributed by atoms with van der Waals surface area (Å²) >= 11 is 0. The van der Waals surface area contributed by atoms with E-state index in [0.29, 0.717) is 19.4 Å². The zero-order valence-electron chi connectivity index (χ0n) is 12.9. The van der Waals surface area contributed by atoms with Crippen LogP contribution in [0.2, 0.25) is 0 Å². The molecule has 1 aromatic carbocycles. The number of hydrogen-bond donors (Lipinski definition) is 2. The van der Waals surface area contributed by atoms with Gasteiger partial charge in [-0.1, -0.05) is 12.1 Å². The predicted molar refractivity (Wildman–Crippen MR) is 83.3 cm³/mol. The molecule has 1 aliphatic heterocycles. The summed E-state index contributed by atoms with van der Waals surface area (Å²) in [5.41, 5.74) is 0.863. The fourth-order valence-corrected chi connectivity index (χ4v) is 3.28. The van der Waals surface area contributed by atoms with Crippen molar-refractivity contribution in [2.24, 2.45) is 5.92 Å². The predicted octanol–water partition coefficient (Wildman–Crippen LogP) is 0.460. The second-order valence-corrected chi connectivity index (χ2v) is 7.40. The van der Waals surface area contributed by atoms with Crippen molar-refractivity contribution in [3.05, 3.63) is 29.8 Å². The summed E-state index contributed by atoms with van der Waals surface area (Å²) in [6.45, 7) is 0.753. The molecule has 0 radical (unpaired) electrons. The minimum Gasteiger partial charge on any atom is -0.481 e. The average Bonchev–Trinajstić information content (AvgIpc) is 3.03. The van der Waals surface area contributed by atoms with E-state index in [2.05, 4.69) is 4.72 Å². The molecule has 0 spiro atoms. The zero-order valence-corrected chi connectivity index (χ0v) is 13.7. The number of hydrogen-bond acceptors (Lipinski definition) is 4. The summed E-state index contributed by atoms with van der Waals surface area (Å²) < 4.78 is 25.5. The molecule has 0 bridgehead atoms. The summed E-state index contributed by atoms with van der Waals surface area (Å²) in [5.74, 6) is -1.40. The van der Waals surface area contributed by atoms with Gasteiger partial charge in [0.05, 0.1) is 10.8 Å². The third kappa shape index (κ3) is 4.29. The van der Waals surface area contributed by atoms with Gasteiger partial charge in [0.15, 0.2) is 0 Å². The maximum atomic E-state index is 12.1. The number of aryl methyl sites for hydroxylation is 1. The number of carbonyl (C=O) groups is 2. The van der Waals surface area contributed by atoms with Crippen LogP contribution in [0, 0.1) is 5.92 Å². The van der Waals surface area contributed by atoms with E-state index in [1.54, 1.807) is 17.0 Å². The summed E-state index contributed by atoms with van der Waals surface area (Å²) in [7, 11) is -2.10. The molecule has 0 unspecified atom stereocenters. The topological polar surface area (TPSA) is 104 Å². The molecule has 23 heavy (non-hydrogen) atoms. The maximum Gasteiger partial charge on any atom is 0.308 e. The van der Waals surface area contributed by atoms with Crippen LogP contribution in [0.5, 0.6) is 0 Å². The second-order valence-electron chi connectivity index (χ2n) is 5.52. The molecule has 2 N–H and O–H groups in total. The first kappa shape index (κ1) is 17.4. The fourth-order valence-electron chi connectivity index (χ4n) is 2.55. The van der Waals surface area contributed by atoms with Gasteiger partial charge in [-0.25, -0.2) is 13.1 Å². The molecule has 1 aliphatic rings. The van der Waals surface area contributed by atoms with Gasteiger partial charge in [-0.2, -0.15) is 0 Å². The first-order valence-corrected chi connectivity index (χ1v) is 8.85. The fraction of sp³-hybridized carbons (Fsp3) is 0.467. The van der Waals surface area contributed by atoms with Crippen molar-refractivity contribution in [3.8, 4) is 0 Å². The van der Waals surface area contributed by atoms with Gasteiger partial charge in [0, 0.05) is 19.5 Å². The monoisotopic (exact) mass is 340 g/mol. The Morgan fingerprint density at radius 3 is 2.48 bits per heavy atom. The van der Waals surface area contributed by atoms with Crippen LogP contribution in [0.1, 0.15) is 18.4 Å². The number of carbonyl (C=O) groups excluding carboxylic acids is 1. The number of aliphatic carboxylic acids is 1. The number of carboxylic acid groups (broad SMARTS) is 1. The van der Waals surface area contributed by atoms with Gasteiger partial charge in [0.25, 0.3) is 0 Å². The van der Waals surface area contributed by atoms with E-state index in [9.17, 15) is 18.0 Å². The first-order valence-electron chi connectivity index (χ1n) is 7.36. The molecule has 2 rings (SSSR count). The minimum atomic E-state index is -3.45. The Kier molecular flexibility index (Phi) is 5.38. The highest BCUT2D eigenvalue weighted by atomic mass is 32.2. The lowest BCUT2D eigenvalue weighted by Crippen LogP contribution is -2.30. The maximum absolute atomic E-state index is 12.1. The molecule has 8 heteroatoms. The number of benzene rings is 1. The molecule has 0 saturated carbocycles. The smallest absolute Gasteiger partial charge is 0.308 e. The van der Waals surface area contributed by atoms with Crippen molar-refractivity contribution in [1.29, 1.82) is 0 Å². The number of carboxylic acids is 1. The third-order valence-corrected chi connectivity index (χ3v) is 5.45. The molecule has 0 aliphatic carbocycles. The number of amides is 1. The molecule has 1 saturated heterocycles. The lowest BCUT2D eigenvalue weighted by Gasteiger charge is -2.15. The van der Waals surface area contributed by atoms with Crippen LogP contribution in [0.3, 0.4) is 0 Å². The lowest BCUT2D eigenvalue weighted by molar-refractivity contribution is -0.141. The highest BCUT2D eigenvalue weighted by molar-refractivity contribution is 7.89. The Morgan fingerprint density at radius 1 is 1.30 bits per heavy atom. The van der Waals surface area contributed by atoms with Gasteiger partial charge in [-0.05, 0) is 37.6 Å². The number of nitrogens with zero attached hydrogens (tertiary/aromatic N) is 1. The number of likely N-dealkylation sites (tertiary alicyclic amines) is 1. The van der Waals surface area contributed by atoms with E-state index in [0.717, 1.165) is 5.56 Å². The normalized spacial score (nSPS) is 18.1. The quantitative estimate of drug-likeness (QED) is 0.783. The molecule has 7 nitrogen and oxygen atoms in total. The van der Waals surface area contributed by atoms with Gasteiger partial charge in [0.1, 0.15) is 0 Å². The van der Waals surface area contributed by atoms with Crippen molar-refractivity contribution in [2.45, 2.75) is 24.2 Å². The van der Waals surface area contributed by atoms with Crippen molar-refractivity contribution in [2.75, 3.05) is 20.1 Å². The largest absolute Gasteiger partial charge is 0.481 e. The Labute approximate surface area is 135 Å².